The topological polar surface area (TPSA) is 67.5 Å². The summed E-state index contributed by atoms with van der Waals surface area (Å²) in [6.45, 7) is 1.74. The molecule has 27 heavy (non-hydrogen) atoms. The van der Waals surface area contributed by atoms with Crippen molar-refractivity contribution in [3.05, 3.63) is 85.8 Å². The second-order valence-corrected chi connectivity index (χ2v) is 6.85. The molecule has 1 aliphatic heterocycles. The van der Waals surface area contributed by atoms with Gasteiger partial charge in [-0.25, -0.2) is 4.39 Å². The van der Waals surface area contributed by atoms with Crippen LogP contribution in [0.4, 0.5) is 4.39 Å². The number of phenols is 1. The van der Waals surface area contributed by atoms with Crippen molar-refractivity contribution in [3.8, 4) is 11.4 Å². The molecule has 1 N–H and O–H groups in total. The lowest BCUT2D eigenvalue weighted by Gasteiger charge is -2.16. The Kier molecular flexibility index (Phi) is 4.25. The molecule has 136 valence electrons. The number of halogens is 3. The van der Waals surface area contributed by atoms with Gasteiger partial charge in [0.05, 0.1) is 21.4 Å². The molecular weight excluding hydrogens is 392 g/mol. The number of rotatable bonds is 1. The number of aromatic hydroxyl groups is 1. The molecule has 8 heteroatoms. The van der Waals surface area contributed by atoms with Gasteiger partial charge in [-0.1, -0.05) is 23.2 Å². The Bertz CT molecular complexity index is 1170. The van der Waals surface area contributed by atoms with Gasteiger partial charge in [-0.05, 0) is 37.3 Å². The maximum absolute atomic E-state index is 14.6. The second kappa shape index (κ2) is 6.48. The normalized spacial score (nSPS) is 15.6. The largest absolute Gasteiger partial charge is 0.508 e. The van der Waals surface area contributed by atoms with Crippen LogP contribution in [0.2, 0.25) is 10.0 Å². The summed E-state index contributed by atoms with van der Waals surface area (Å²) < 4.78 is 16.3. The molecule has 0 amide bonds. The minimum Gasteiger partial charge on any atom is -0.508 e. The highest BCUT2D eigenvalue weighted by Crippen LogP contribution is 2.37. The van der Waals surface area contributed by atoms with E-state index >= 15 is 0 Å². The maximum atomic E-state index is 14.6. The average Bonchev–Trinajstić information content (AvgIpc) is 2.75. The van der Waals surface area contributed by atoms with Gasteiger partial charge in [-0.3, -0.25) is 9.79 Å². The van der Waals surface area contributed by atoms with Crippen LogP contribution in [0.3, 0.4) is 0 Å². The SMILES string of the molecule is C[C@@H]1N=C(c2cc(O)ccc2F)c2c(ccc(Cl)c2Cl)-n2ccc(=O)nc21. The molecule has 2 aromatic carbocycles. The fourth-order valence-corrected chi connectivity index (χ4v) is 3.51. The van der Waals surface area contributed by atoms with E-state index in [1.165, 1.54) is 18.2 Å². The summed E-state index contributed by atoms with van der Waals surface area (Å²) in [5, 5.41) is 10.3. The average molecular weight is 404 g/mol. The Balaban J connectivity index is 2.13. The van der Waals surface area contributed by atoms with E-state index in [1.54, 1.807) is 29.8 Å². The predicted octanol–water partition coefficient (Wildman–Crippen LogP) is 4.30. The number of fused-ring (bicyclic) bond motifs is 3. The van der Waals surface area contributed by atoms with Crippen LogP contribution in [0, 0.1) is 5.82 Å². The van der Waals surface area contributed by atoms with Gasteiger partial charge < -0.3 is 9.67 Å². The van der Waals surface area contributed by atoms with Crippen molar-refractivity contribution in [2.45, 2.75) is 13.0 Å². The van der Waals surface area contributed by atoms with E-state index in [-0.39, 0.29) is 27.1 Å². The first kappa shape index (κ1) is 17.7. The van der Waals surface area contributed by atoms with Crippen molar-refractivity contribution in [3.63, 3.8) is 0 Å². The Morgan fingerprint density at radius 1 is 1.19 bits per heavy atom. The molecule has 5 nitrogen and oxygen atoms in total. The van der Waals surface area contributed by atoms with Gasteiger partial charge in [0, 0.05) is 23.4 Å². The standard InChI is InChI=1S/C19H12Cl2FN3O2/c1-9-19-24-15(27)6-7-25(19)14-5-3-12(20)17(21)16(14)18(23-9)11-8-10(26)2-4-13(11)22/h2-9,26H,1H3/t9-/m0/s1. The third kappa shape index (κ3) is 2.91. The third-order valence-corrected chi connectivity index (χ3v) is 5.11. The number of hydrogen-bond acceptors (Lipinski definition) is 4. The molecule has 0 fully saturated rings. The fraction of sp³-hybridized carbons (Fsp3) is 0.105. The summed E-state index contributed by atoms with van der Waals surface area (Å²) in [5.41, 5.74) is 0.832. The number of phenolic OH excluding ortho intramolecular Hbond substituents is 1. The summed E-state index contributed by atoms with van der Waals surface area (Å²) in [4.78, 5) is 20.4. The van der Waals surface area contributed by atoms with Crippen LogP contribution in [0.1, 0.15) is 29.9 Å². The van der Waals surface area contributed by atoms with Crippen molar-refractivity contribution >= 4 is 28.9 Å². The molecule has 0 aliphatic carbocycles. The molecule has 3 aromatic rings. The Labute approximate surface area is 163 Å². The lowest BCUT2D eigenvalue weighted by molar-refractivity contribution is 0.473. The third-order valence-electron chi connectivity index (χ3n) is 4.31. The Hall–Kier alpha value is -2.70. The molecule has 0 saturated heterocycles. The van der Waals surface area contributed by atoms with Crippen molar-refractivity contribution in [1.82, 2.24) is 9.55 Å². The smallest absolute Gasteiger partial charge is 0.272 e. The van der Waals surface area contributed by atoms with Gasteiger partial charge in [0.25, 0.3) is 5.56 Å². The Morgan fingerprint density at radius 3 is 2.74 bits per heavy atom. The first-order chi connectivity index (χ1) is 12.9. The zero-order valence-corrected chi connectivity index (χ0v) is 15.5. The molecule has 1 aromatic heterocycles. The molecule has 1 atom stereocenters. The zero-order valence-electron chi connectivity index (χ0n) is 13.9. The zero-order chi connectivity index (χ0) is 19.3. The lowest BCUT2D eigenvalue weighted by atomic mass is 9.99. The van der Waals surface area contributed by atoms with Crippen LogP contribution in [-0.4, -0.2) is 20.4 Å². The molecular formula is C19H12Cl2FN3O2. The Morgan fingerprint density at radius 2 is 1.96 bits per heavy atom. The van der Waals surface area contributed by atoms with Crippen LogP contribution < -0.4 is 5.56 Å². The molecule has 0 saturated carbocycles. The second-order valence-electron chi connectivity index (χ2n) is 6.07. The molecule has 0 unspecified atom stereocenters. The van der Waals surface area contributed by atoms with E-state index in [2.05, 4.69) is 9.98 Å². The van der Waals surface area contributed by atoms with Crippen LogP contribution in [0.25, 0.3) is 5.69 Å². The number of aromatic nitrogens is 2. The fourth-order valence-electron chi connectivity index (χ4n) is 3.10. The monoisotopic (exact) mass is 403 g/mol. The van der Waals surface area contributed by atoms with Crippen molar-refractivity contribution in [2.75, 3.05) is 0 Å². The van der Waals surface area contributed by atoms with Gasteiger partial charge in [-0.2, -0.15) is 4.98 Å². The highest BCUT2D eigenvalue weighted by Gasteiger charge is 2.27. The van der Waals surface area contributed by atoms with Crippen molar-refractivity contribution < 1.29 is 9.50 Å². The summed E-state index contributed by atoms with van der Waals surface area (Å²) in [6, 6.07) is 7.73. The van der Waals surface area contributed by atoms with Crippen LogP contribution in [-0.2, 0) is 0 Å². The van der Waals surface area contributed by atoms with E-state index in [4.69, 9.17) is 23.2 Å². The highest BCUT2D eigenvalue weighted by atomic mass is 35.5. The number of aliphatic imine (C=N–C) groups is 1. The van der Waals surface area contributed by atoms with Gasteiger partial charge in [0.1, 0.15) is 23.4 Å². The highest BCUT2D eigenvalue weighted by molar-refractivity contribution is 6.45. The van der Waals surface area contributed by atoms with Gasteiger partial charge in [-0.15, -0.1) is 0 Å². The molecule has 0 spiro atoms. The first-order valence-corrected chi connectivity index (χ1v) is 8.77. The van der Waals surface area contributed by atoms with E-state index < -0.39 is 17.4 Å². The summed E-state index contributed by atoms with van der Waals surface area (Å²) in [7, 11) is 0. The van der Waals surface area contributed by atoms with E-state index in [1.807, 2.05) is 0 Å². The quantitative estimate of drug-likeness (QED) is 0.658. The number of nitrogens with zero attached hydrogens (tertiary/aromatic N) is 3. The molecule has 2 heterocycles. The minimum absolute atomic E-state index is 0.0722. The summed E-state index contributed by atoms with van der Waals surface area (Å²) in [6.07, 6.45) is 1.57. The van der Waals surface area contributed by atoms with Crippen LogP contribution in [0.15, 0.2) is 52.4 Å². The molecule has 0 bridgehead atoms. The molecule has 1 aliphatic rings. The number of hydrogen-bond donors (Lipinski definition) is 1. The predicted molar refractivity (Wildman–Crippen MR) is 102 cm³/mol. The van der Waals surface area contributed by atoms with Gasteiger partial charge in [0.2, 0.25) is 0 Å². The minimum atomic E-state index is -0.575. The van der Waals surface area contributed by atoms with Crippen molar-refractivity contribution in [1.29, 1.82) is 0 Å². The van der Waals surface area contributed by atoms with E-state index in [9.17, 15) is 14.3 Å². The number of benzene rings is 2. The van der Waals surface area contributed by atoms with E-state index in [0.717, 1.165) is 6.07 Å². The van der Waals surface area contributed by atoms with Crippen LogP contribution in [0.5, 0.6) is 5.75 Å². The molecule has 4 rings (SSSR count). The summed E-state index contributed by atoms with van der Waals surface area (Å²) in [5.74, 6) is -0.303. The summed E-state index contributed by atoms with van der Waals surface area (Å²) >= 11 is 12.7. The molecule has 0 radical (unpaired) electrons. The lowest BCUT2D eigenvalue weighted by Crippen LogP contribution is -2.16. The van der Waals surface area contributed by atoms with Crippen LogP contribution >= 0.6 is 23.2 Å². The van der Waals surface area contributed by atoms with E-state index in [0.29, 0.717) is 17.1 Å². The first-order valence-electron chi connectivity index (χ1n) is 8.02. The van der Waals surface area contributed by atoms with Crippen molar-refractivity contribution in [2.24, 2.45) is 4.99 Å². The van der Waals surface area contributed by atoms with Gasteiger partial charge in [0.15, 0.2) is 0 Å². The maximum Gasteiger partial charge on any atom is 0.272 e. The van der Waals surface area contributed by atoms with Gasteiger partial charge >= 0.3 is 0 Å².